The van der Waals surface area contributed by atoms with Gasteiger partial charge < -0.3 is 9.88 Å². The van der Waals surface area contributed by atoms with E-state index in [1.165, 1.54) is 17.7 Å². The minimum Gasteiger partial charge on any atom is -0.354 e. The lowest BCUT2D eigenvalue weighted by Gasteiger charge is -2.25. The third kappa shape index (κ3) is 3.07. The van der Waals surface area contributed by atoms with Crippen LogP contribution in [0.4, 0.5) is 0 Å². The summed E-state index contributed by atoms with van der Waals surface area (Å²) in [5.41, 5.74) is 2.20. The molecule has 1 fully saturated rings. The van der Waals surface area contributed by atoms with Gasteiger partial charge in [0.05, 0.1) is 0 Å². The van der Waals surface area contributed by atoms with Crippen LogP contribution in [-0.4, -0.2) is 28.9 Å². The second kappa shape index (κ2) is 5.69. The first-order chi connectivity index (χ1) is 10.9. The van der Waals surface area contributed by atoms with E-state index in [1.807, 2.05) is 23.1 Å². The highest BCUT2D eigenvalue weighted by atomic mass is 16.2. The maximum Gasteiger partial charge on any atom is 0.270 e. The van der Waals surface area contributed by atoms with Gasteiger partial charge in [0.15, 0.2) is 5.43 Å². The number of aromatic amines is 1. The van der Waals surface area contributed by atoms with Gasteiger partial charge in [-0.25, -0.2) is 0 Å². The summed E-state index contributed by atoms with van der Waals surface area (Å²) in [5.74, 6) is 0.196. The first-order valence-corrected chi connectivity index (χ1v) is 7.92. The molecule has 1 N–H and O–H groups in total. The van der Waals surface area contributed by atoms with Gasteiger partial charge in [0.2, 0.25) is 0 Å². The zero-order valence-electron chi connectivity index (χ0n) is 13.8. The van der Waals surface area contributed by atoms with Gasteiger partial charge in [-0.15, -0.1) is 0 Å². The predicted molar refractivity (Wildman–Crippen MR) is 90.7 cm³/mol. The molecule has 1 aromatic carbocycles. The van der Waals surface area contributed by atoms with Crippen molar-refractivity contribution in [3.63, 3.8) is 0 Å². The minimum absolute atomic E-state index is 0.00112. The molecule has 2 aromatic rings. The van der Waals surface area contributed by atoms with Crippen molar-refractivity contribution in [1.29, 1.82) is 0 Å². The van der Waals surface area contributed by atoms with E-state index in [0.717, 1.165) is 0 Å². The smallest absolute Gasteiger partial charge is 0.270 e. The zero-order chi connectivity index (χ0) is 16.6. The van der Waals surface area contributed by atoms with E-state index in [4.69, 9.17) is 0 Å². The van der Waals surface area contributed by atoms with Gasteiger partial charge in [-0.1, -0.05) is 44.2 Å². The van der Waals surface area contributed by atoms with Crippen molar-refractivity contribution in [2.75, 3.05) is 13.1 Å². The number of pyridine rings is 1. The van der Waals surface area contributed by atoms with Crippen molar-refractivity contribution in [3.05, 3.63) is 69.6 Å². The Bertz CT molecular complexity index is 777. The molecule has 0 saturated carbocycles. The van der Waals surface area contributed by atoms with E-state index < -0.39 is 0 Å². The molecule has 0 radical (unpaired) electrons. The fourth-order valence-corrected chi connectivity index (χ4v) is 3.50. The molecule has 23 heavy (non-hydrogen) atoms. The van der Waals surface area contributed by atoms with Gasteiger partial charge in [0.1, 0.15) is 5.69 Å². The molecule has 4 nitrogen and oxygen atoms in total. The molecule has 2 heterocycles. The average Bonchev–Trinajstić information content (AvgIpc) is 2.82. The van der Waals surface area contributed by atoms with Crippen LogP contribution in [0.2, 0.25) is 0 Å². The topological polar surface area (TPSA) is 53.2 Å². The van der Waals surface area contributed by atoms with Gasteiger partial charge in [-0.3, -0.25) is 9.59 Å². The molecule has 0 bridgehead atoms. The number of hydrogen-bond acceptors (Lipinski definition) is 2. The number of benzene rings is 1. The molecular formula is C19H22N2O2. The lowest BCUT2D eigenvalue weighted by Crippen LogP contribution is -2.31. The monoisotopic (exact) mass is 310 g/mol. The molecule has 1 aliphatic rings. The van der Waals surface area contributed by atoms with Crippen LogP contribution >= 0.6 is 0 Å². The Kier molecular flexibility index (Phi) is 3.84. The molecule has 3 rings (SSSR count). The van der Waals surface area contributed by atoms with E-state index in [0.29, 0.717) is 30.4 Å². The third-order valence-corrected chi connectivity index (χ3v) is 4.64. The number of aryl methyl sites for hydroxylation is 1. The fourth-order valence-electron chi connectivity index (χ4n) is 3.50. The van der Waals surface area contributed by atoms with Crippen LogP contribution in [0.25, 0.3) is 0 Å². The lowest BCUT2D eigenvalue weighted by molar-refractivity contribution is 0.0772. The summed E-state index contributed by atoms with van der Waals surface area (Å²) in [6, 6.07) is 13.2. The van der Waals surface area contributed by atoms with Gasteiger partial charge in [0.25, 0.3) is 5.91 Å². The number of carbonyl (C=O) groups excluding carboxylic acids is 1. The predicted octanol–water partition coefficient (Wildman–Crippen LogP) is 2.95. The molecule has 4 heteroatoms. The van der Waals surface area contributed by atoms with Crippen molar-refractivity contribution in [2.45, 2.75) is 26.7 Å². The summed E-state index contributed by atoms with van der Waals surface area (Å²) < 4.78 is 0. The molecule has 1 amide bonds. The van der Waals surface area contributed by atoms with Crippen molar-refractivity contribution in [3.8, 4) is 0 Å². The number of nitrogens with one attached hydrogen (secondary N) is 1. The summed E-state index contributed by atoms with van der Waals surface area (Å²) in [5, 5.41) is 0. The Labute approximate surface area is 136 Å². The van der Waals surface area contributed by atoms with Crippen molar-refractivity contribution in [1.82, 2.24) is 9.88 Å². The summed E-state index contributed by atoms with van der Waals surface area (Å²) in [6.07, 6.45) is 0. The SMILES string of the molecule is Cc1cc(=O)cc(C(=O)N2C[C@@H](c3ccccc3)C(C)(C)C2)[nH]1. The van der Waals surface area contributed by atoms with Crippen LogP contribution in [0, 0.1) is 12.3 Å². The second-order valence-corrected chi connectivity index (χ2v) is 7.05. The minimum atomic E-state index is -0.136. The molecule has 1 saturated heterocycles. The molecule has 1 atom stereocenters. The molecule has 0 spiro atoms. The van der Waals surface area contributed by atoms with E-state index in [2.05, 4.69) is 31.0 Å². The zero-order valence-corrected chi connectivity index (χ0v) is 13.8. The highest BCUT2D eigenvalue weighted by Gasteiger charge is 2.42. The Morgan fingerprint density at radius 1 is 1.22 bits per heavy atom. The van der Waals surface area contributed by atoms with Crippen molar-refractivity contribution < 1.29 is 4.79 Å². The van der Waals surface area contributed by atoms with Gasteiger partial charge in [-0.05, 0) is 17.9 Å². The normalized spacial score (nSPS) is 19.8. The Balaban J connectivity index is 1.88. The van der Waals surface area contributed by atoms with Crippen LogP contribution in [0.5, 0.6) is 0 Å². The number of hydrogen-bond donors (Lipinski definition) is 1. The largest absolute Gasteiger partial charge is 0.354 e. The van der Waals surface area contributed by atoms with Crippen molar-refractivity contribution in [2.24, 2.45) is 5.41 Å². The summed E-state index contributed by atoms with van der Waals surface area (Å²) in [4.78, 5) is 29.3. The van der Waals surface area contributed by atoms with Crippen LogP contribution in [0.15, 0.2) is 47.3 Å². The number of carbonyl (C=O) groups is 1. The quantitative estimate of drug-likeness (QED) is 0.927. The Hall–Kier alpha value is -2.36. The van der Waals surface area contributed by atoms with Gasteiger partial charge in [0, 0.05) is 36.8 Å². The second-order valence-electron chi connectivity index (χ2n) is 7.05. The van der Waals surface area contributed by atoms with E-state index >= 15 is 0 Å². The molecular weight excluding hydrogens is 288 g/mol. The van der Waals surface area contributed by atoms with E-state index in [1.54, 1.807) is 6.92 Å². The molecule has 1 aromatic heterocycles. The molecule has 1 aliphatic heterocycles. The Morgan fingerprint density at radius 2 is 1.91 bits per heavy atom. The number of aromatic nitrogens is 1. The fraction of sp³-hybridized carbons (Fsp3) is 0.368. The summed E-state index contributed by atoms with van der Waals surface area (Å²) in [6.45, 7) is 7.53. The maximum absolute atomic E-state index is 12.8. The summed E-state index contributed by atoms with van der Waals surface area (Å²) >= 11 is 0. The Morgan fingerprint density at radius 3 is 2.57 bits per heavy atom. The molecule has 120 valence electrons. The lowest BCUT2D eigenvalue weighted by atomic mass is 9.78. The standard InChI is InChI=1S/C19H22N2O2/c1-13-9-15(22)10-17(20-13)18(23)21-11-16(19(2,3)12-21)14-7-5-4-6-8-14/h4-10,16H,11-12H2,1-3H3,(H,20,22)/t16-/m0/s1. The number of likely N-dealkylation sites (tertiary alicyclic amines) is 1. The molecule has 0 unspecified atom stereocenters. The number of H-pyrrole nitrogens is 1. The first kappa shape index (κ1) is 15.5. The third-order valence-electron chi connectivity index (χ3n) is 4.64. The van der Waals surface area contributed by atoms with Crippen LogP contribution in [-0.2, 0) is 0 Å². The summed E-state index contributed by atoms with van der Waals surface area (Å²) in [7, 11) is 0. The average molecular weight is 310 g/mol. The number of amides is 1. The number of rotatable bonds is 2. The maximum atomic E-state index is 12.8. The van der Waals surface area contributed by atoms with Crippen molar-refractivity contribution >= 4 is 5.91 Å². The van der Waals surface area contributed by atoms with Gasteiger partial charge >= 0.3 is 0 Å². The number of nitrogens with zero attached hydrogens (tertiary/aromatic N) is 1. The van der Waals surface area contributed by atoms with Gasteiger partial charge in [-0.2, -0.15) is 0 Å². The van der Waals surface area contributed by atoms with Crippen LogP contribution in [0.3, 0.4) is 0 Å². The highest BCUT2D eigenvalue weighted by Crippen LogP contribution is 2.42. The molecule has 0 aliphatic carbocycles. The highest BCUT2D eigenvalue weighted by molar-refractivity contribution is 5.92. The van der Waals surface area contributed by atoms with Crippen LogP contribution < -0.4 is 5.43 Å². The van der Waals surface area contributed by atoms with E-state index in [9.17, 15) is 9.59 Å². The van der Waals surface area contributed by atoms with Crippen LogP contribution in [0.1, 0.15) is 41.5 Å². The van der Waals surface area contributed by atoms with E-state index in [-0.39, 0.29) is 16.8 Å². The first-order valence-electron chi connectivity index (χ1n) is 7.92.